The highest BCUT2D eigenvalue weighted by molar-refractivity contribution is 5.94. The summed E-state index contributed by atoms with van der Waals surface area (Å²) in [5, 5.41) is 12.0. The zero-order valence-corrected chi connectivity index (χ0v) is 13.7. The smallest absolute Gasteiger partial charge is 0.276 e. The maximum atomic E-state index is 12.7. The van der Waals surface area contributed by atoms with Gasteiger partial charge in [-0.2, -0.15) is 5.10 Å². The van der Waals surface area contributed by atoms with E-state index in [9.17, 15) is 4.79 Å². The standard InChI is InChI=1S/C17H20N4O3/c1-11-6-7-15(19-18-11)23-12-8-9-21(10-12)17(22)16-13-4-2-3-5-14(13)24-20-16/h6-7,12H,2-5,8-10H2,1H3/t12-/m0/s1. The lowest BCUT2D eigenvalue weighted by Crippen LogP contribution is -2.32. The van der Waals surface area contributed by atoms with Gasteiger partial charge in [0, 0.05) is 31.0 Å². The number of hydrogen-bond donors (Lipinski definition) is 0. The number of hydrogen-bond acceptors (Lipinski definition) is 6. The number of likely N-dealkylation sites (tertiary alicyclic amines) is 1. The molecule has 0 bridgehead atoms. The summed E-state index contributed by atoms with van der Waals surface area (Å²) in [4.78, 5) is 14.5. The molecular formula is C17H20N4O3. The maximum Gasteiger partial charge on any atom is 0.276 e. The quantitative estimate of drug-likeness (QED) is 0.856. The zero-order valence-electron chi connectivity index (χ0n) is 13.7. The van der Waals surface area contributed by atoms with Crippen molar-refractivity contribution in [2.75, 3.05) is 13.1 Å². The Bertz CT molecular complexity index is 741. The van der Waals surface area contributed by atoms with Gasteiger partial charge in [0.25, 0.3) is 5.91 Å². The summed E-state index contributed by atoms with van der Waals surface area (Å²) in [5.74, 6) is 1.33. The lowest BCUT2D eigenvalue weighted by atomic mass is 9.96. The lowest BCUT2D eigenvalue weighted by Gasteiger charge is -2.17. The molecule has 1 saturated heterocycles. The van der Waals surface area contributed by atoms with Crippen LogP contribution < -0.4 is 4.74 Å². The van der Waals surface area contributed by atoms with Crippen molar-refractivity contribution < 1.29 is 14.1 Å². The minimum Gasteiger partial charge on any atom is -0.471 e. The molecule has 0 radical (unpaired) electrons. The van der Waals surface area contributed by atoms with Crippen molar-refractivity contribution in [2.45, 2.75) is 45.1 Å². The topological polar surface area (TPSA) is 81.4 Å². The number of carbonyl (C=O) groups is 1. The van der Waals surface area contributed by atoms with E-state index in [0.29, 0.717) is 24.7 Å². The first-order chi connectivity index (χ1) is 11.7. The SMILES string of the molecule is Cc1ccc(O[C@H]2CCN(C(=O)c3noc4c3CCCC4)C2)nn1. The van der Waals surface area contributed by atoms with Crippen molar-refractivity contribution in [3.63, 3.8) is 0 Å². The number of carbonyl (C=O) groups excluding carboxylic acids is 1. The Labute approximate surface area is 140 Å². The van der Waals surface area contributed by atoms with E-state index in [1.54, 1.807) is 11.0 Å². The molecule has 1 amide bonds. The van der Waals surface area contributed by atoms with Crippen molar-refractivity contribution >= 4 is 5.91 Å². The molecule has 0 aromatic carbocycles. The molecule has 24 heavy (non-hydrogen) atoms. The van der Waals surface area contributed by atoms with Gasteiger partial charge in [-0.05, 0) is 32.3 Å². The molecule has 7 nitrogen and oxygen atoms in total. The van der Waals surface area contributed by atoms with Crippen molar-refractivity contribution in [1.29, 1.82) is 0 Å². The number of amides is 1. The van der Waals surface area contributed by atoms with Crippen molar-refractivity contribution in [2.24, 2.45) is 0 Å². The number of ether oxygens (including phenoxy) is 1. The summed E-state index contributed by atoms with van der Waals surface area (Å²) in [6.07, 6.45) is 4.68. The summed E-state index contributed by atoms with van der Waals surface area (Å²) >= 11 is 0. The van der Waals surface area contributed by atoms with Gasteiger partial charge >= 0.3 is 0 Å². The van der Waals surface area contributed by atoms with E-state index >= 15 is 0 Å². The van der Waals surface area contributed by atoms with Crippen LogP contribution >= 0.6 is 0 Å². The highest BCUT2D eigenvalue weighted by Crippen LogP contribution is 2.26. The average molecular weight is 328 g/mol. The summed E-state index contributed by atoms with van der Waals surface area (Å²) < 4.78 is 11.2. The van der Waals surface area contributed by atoms with E-state index in [4.69, 9.17) is 9.26 Å². The highest BCUT2D eigenvalue weighted by atomic mass is 16.5. The Morgan fingerprint density at radius 1 is 1.29 bits per heavy atom. The Hall–Kier alpha value is -2.44. The fraction of sp³-hybridized carbons (Fsp3) is 0.529. The second-order valence-corrected chi connectivity index (χ2v) is 6.43. The second-order valence-electron chi connectivity index (χ2n) is 6.43. The molecule has 2 aromatic rings. The van der Waals surface area contributed by atoms with Gasteiger partial charge in [0.05, 0.1) is 12.2 Å². The van der Waals surface area contributed by atoms with Crippen LogP contribution in [-0.4, -0.2) is 45.4 Å². The van der Waals surface area contributed by atoms with Crippen molar-refractivity contribution in [3.8, 4) is 5.88 Å². The molecule has 1 aliphatic carbocycles. The van der Waals surface area contributed by atoms with Gasteiger partial charge in [-0.1, -0.05) is 5.16 Å². The van der Waals surface area contributed by atoms with Gasteiger partial charge in [-0.25, -0.2) is 0 Å². The number of aryl methyl sites for hydroxylation is 2. The fourth-order valence-electron chi connectivity index (χ4n) is 3.33. The first-order valence-corrected chi connectivity index (χ1v) is 8.44. The van der Waals surface area contributed by atoms with Crippen LogP contribution in [0.5, 0.6) is 5.88 Å². The minimum atomic E-state index is -0.0614. The normalized spacial score (nSPS) is 20.0. The van der Waals surface area contributed by atoms with Gasteiger partial charge in [-0.3, -0.25) is 4.79 Å². The van der Waals surface area contributed by atoms with Gasteiger partial charge in [-0.15, -0.1) is 5.10 Å². The highest BCUT2D eigenvalue weighted by Gasteiger charge is 2.33. The number of fused-ring (bicyclic) bond motifs is 1. The van der Waals surface area contributed by atoms with E-state index in [-0.39, 0.29) is 12.0 Å². The van der Waals surface area contributed by atoms with Crippen LogP contribution in [0.3, 0.4) is 0 Å². The molecule has 4 rings (SSSR count). The number of rotatable bonds is 3. The van der Waals surface area contributed by atoms with Gasteiger partial charge in [0.2, 0.25) is 5.88 Å². The monoisotopic (exact) mass is 328 g/mol. The summed E-state index contributed by atoms with van der Waals surface area (Å²) in [5.41, 5.74) is 2.34. The van der Waals surface area contributed by atoms with Crippen LogP contribution in [-0.2, 0) is 12.8 Å². The third-order valence-electron chi connectivity index (χ3n) is 4.65. The van der Waals surface area contributed by atoms with Crippen LogP contribution in [0.4, 0.5) is 0 Å². The minimum absolute atomic E-state index is 0.0528. The molecule has 1 fully saturated rings. The Morgan fingerprint density at radius 2 is 2.17 bits per heavy atom. The molecular weight excluding hydrogens is 308 g/mol. The molecule has 2 aliphatic rings. The molecule has 2 aromatic heterocycles. The van der Waals surface area contributed by atoms with Gasteiger partial charge < -0.3 is 14.2 Å². The molecule has 1 atom stereocenters. The average Bonchev–Trinajstić information content (AvgIpc) is 3.23. The van der Waals surface area contributed by atoms with Crippen LogP contribution in [0, 0.1) is 6.92 Å². The lowest BCUT2D eigenvalue weighted by molar-refractivity contribution is 0.0759. The third kappa shape index (κ3) is 2.86. The number of nitrogens with zero attached hydrogens (tertiary/aromatic N) is 4. The molecule has 0 unspecified atom stereocenters. The molecule has 7 heteroatoms. The van der Waals surface area contributed by atoms with Gasteiger partial charge in [0.15, 0.2) is 5.69 Å². The van der Waals surface area contributed by atoms with E-state index in [1.165, 1.54) is 0 Å². The Balaban J connectivity index is 1.42. The maximum absolute atomic E-state index is 12.7. The van der Waals surface area contributed by atoms with Gasteiger partial charge in [0.1, 0.15) is 11.9 Å². The predicted octanol–water partition coefficient (Wildman–Crippen LogP) is 1.95. The Kier molecular flexibility index (Phi) is 3.92. The summed E-state index contributed by atoms with van der Waals surface area (Å²) in [6, 6.07) is 3.67. The summed E-state index contributed by atoms with van der Waals surface area (Å²) in [7, 11) is 0. The third-order valence-corrected chi connectivity index (χ3v) is 4.65. The predicted molar refractivity (Wildman–Crippen MR) is 84.9 cm³/mol. The molecule has 0 saturated carbocycles. The van der Waals surface area contributed by atoms with E-state index < -0.39 is 0 Å². The summed E-state index contributed by atoms with van der Waals surface area (Å²) in [6.45, 7) is 3.08. The largest absolute Gasteiger partial charge is 0.471 e. The molecule has 1 aliphatic heterocycles. The van der Waals surface area contributed by atoms with Crippen LogP contribution in [0.1, 0.15) is 46.8 Å². The molecule has 3 heterocycles. The number of aromatic nitrogens is 3. The fourth-order valence-corrected chi connectivity index (χ4v) is 3.33. The zero-order chi connectivity index (χ0) is 16.5. The first-order valence-electron chi connectivity index (χ1n) is 8.44. The van der Waals surface area contributed by atoms with Crippen LogP contribution in [0.25, 0.3) is 0 Å². The molecule has 0 spiro atoms. The molecule has 0 N–H and O–H groups in total. The van der Waals surface area contributed by atoms with Crippen molar-refractivity contribution in [3.05, 3.63) is 34.8 Å². The van der Waals surface area contributed by atoms with E-state index in [2.05, 4.69) is 15.4 Å². The second kappa shape index (κ2) is 6.22. The van der Waals surface area contributed by atoms with Crippen LogP contribution in [0.2, 0.25) is 0 Å². The first kappa shape index (κ1) is 15.1. The van der Waals surface area contributed by atoms with Crippen LogP contribution in [0.15, 0.2) is 16.7 Å². The van der Waals surface area contributed by atoms with E-state index in [1.807, 2.05) is 13.0 Å². The molecule has 126 valence electrons. The Morgan fingerprint density at radius 3 is 3.00 bits per heavy atom. The van der Waals surface area contributed by atoms with Crippen molar-refractivity contribution in [1.82, 2.24) is 20.3 Å². The van der Waals surface area contributed by atoms with E-state index in [0.717, 1.165) is 49.1 Å².